The lowest BCUT2D eigenvalue weighted by Gasteiger charge is -2.05. The third-order valence-electron chi connectivity index (χ3n) is 2.04. The number of aromatic nitrogens is 1. The number of hydrogen-bond donors (Lipinski definition) is 4. The minimum absolute atomic E-state index is 0.00259. The Bertz CT molecular complexity index is 354. The Balaban J connectivity index is 2.54. The summed E-state index contributed by atoms with van der Waals surface area (Å²) in [7, 11) is 0. The summed E-state index contributed by atoms with van der Waals surface area (Å²) in [6.45, 7) is 1.59. The van der Waals surface area contributed by atoms with Crippen molar-refractivity contribution < 1.29 is 10.3 Å². The van der Waals surface area contributed by atoms with Gasteiger partial charge in [0.2, 0.25) is 0 Å². The molecule has 1 aromatic heterocycles. The molecule has 0 atom stereocenters. The average molecular weight is 224 g/mol. The molecule has 0 spiro atoms. The van der Waals surface area contributed by atoms with Crippen molar-refractivity contribution in [3.05, 3.63) is 29.6 Å². The van der Waals surface area contributed by atoms with E-state index in [0.29, 0.717) is 12.2 Å². The molecule has 5 N–H and O–H groups in total. The normalized spacial score (nSPS) is 11.7. The number of nitrogens with zero attached hydrogens (tertiary/aromatic N) is 2. The number of hydrogen-bond acceptors (Lipinski definition) is 5. The molecule has 1 aromatic rings. The van der Waals surface area contributed by atoms with Crippen molar-refractivity contribution in [1.29, 1.82) is 0 Å². The zero-order valence-corrected chi connectivity index (χ0v) is 8.93. The number of nitrogens with two attached hydrogens (primary N) is 1. The number of nitrogens with one attached hydrogen (secondary N) is 1. The Kier molecular flexibility index (Phi) is 5.24. The highest BCUT2D eigenvalue weighted by Crippen LogP contribution is 2.01. The van der Waals surface area contributed by atoms with Crippen LogP contribution in [0.5, 0.6) is 0 Å². The number of pyridine rings is 1. The Labute approximate surface area is 93.8 Å². The maximum atomic E-state index is 8.60. The topological polar surface area (TPSA) is 104 Å². The molecule has 0 aliphatic carbocycles. The molecule has 0 amide bonds. The molecule has 0 fully saturated rings. The molecule has 0 unspecified atom stereocenters. The van der Waals surface area contributed by atoms with E-state index in [1.165, 1.54) is 0 Å². The average Bonchev–Trinajstić information content (AvgIpc) is 2.34. The Morgan fingerprint density at radius 3 is 3.06 bits per heavy atom. The van der Waals surface area contributed by atoms with Crippen LogP contribution in [0.15, 0.2) is 23.5 Å². The Morgan fingerprint density at radius 2 is 2.38 bits per heavy atom. The van der Waals surface area contributed by atoms with E-state index < -0.39 is 0 Å². The van der Waals surface area contributed by atoms with Gasteiger partial charge >= 0.3 is 0 Å². The standard InChI is InChI=1S/C10H16N4O2/c11-10(14-16)9-6-8(2-4-13-9)7-12-3-1-5-15/h2,4,6,12,15-16H,1,3,5,7H2,(H2,11,14). The number of rotatable bonds is 6. The monoisotopic (exact) mass is 224 g/mol. The fourth-order valence-corrected chi connectivity index (χ4v) is 1.21. The zero-order valence-electron chi connectivity index (χ0n) is 8.93. The maximum absolute atomic E-state index is 8.60. The van der Waals surface area contributed by atoms with Crippen LogP contribution in [0, 0.1) is 0 Å². The van der Waals surface area contributed by atoms with E-state index in [1.807, 2.05) is 6.07 Å². The number of amidine groups is 1. The first-order valence-electron chi connectivity index (χ1n) is 5.02. The molecule has 16 heavy (non-hydrogen) atoms. The zero-order chi connectivity index (χ0) is 11.8. The lowest BCUT2D eigenvalue weighted by atomic mass is 10.2. The first kappa shape index (κ1) is 12.4. The molecule has 0 aliphatic rings. The minimum Gasteiger partial charge on any atom is -0.409 e. The van der Waals surface area contributed by atoms with Gasteiger partial charge in [-0.05, 0) is 30.7 Å². The van der Waals surface area contributed by atoms with Crippen LogP contribution in [0.3, 0.4) is 0 Å². The summed E-state index contributed by atoms with van der Waals surface area (Å²) in [6.07, 6.45) is 2.33. The van der Waals surface area contributed by atoms with Gasteiger partial charge in [-0.25, -0.2) is 0 Å². The fourth-order valence-electron chi connectivity index (χ4n) is 1.21. The number of oxime groups is 1. The molecule has 0 aliphatic heterocycles. The molecule has 0 radical (unpaired) electrons. The summed E-state index contributed by atoms with van der Waals surface area (Å²) in [6, 6.07) is 3.60. The highest BCUT2D eigenvalue weighted by atomic mass is 16.4. The largest absolute Gasteiger partial charge is 0.409 e. The highest BCUT2D eigenvalue weighted by molar-refractivity contribution is 5.95. The summed E-state index contributed by atoms with van der Waals surface area (Å²) < 4.78 is 0. The summed E-state index contributed by atoms with van der Waals surface area (Å²) in [5.74, 6) is -0.00259. The van der Waals surface area contributed by atoms with Gasteiger partial charge in [-0.2, -0.15) is 0 Å². The second-order valence-corrected chi connectivity index (χ2v) is 3.29. The SMILES string of the molecule is NC(=NO)c1cc(CNCCCO)ccn1. The van der Waals surface area contributed by atoms with Crippen LogP contribution in [0.4, 0.5) is 0 Å². The van der Waals surface area contributed by atoms with Crippen molar-refractivity contribution in [2.75, 3.05) is 13.2 Å². The van der Waals surface area contributed by atoms with Gasteiger partial charge in [0.1, 0.15) is 5.69 Å². The summed E-state index contributed by atoms with van der Waals surface area (Å²) in [5, 5.41) is 23.2. The predicted octanol–water partition coefficient (Wildman–Crippen LogP) is -0.352. The summed E-state index contributed by atoms with van der Waals surface area (Å²) in [5.41, 5.74) is 6.87. The Hall–Kier alpha value is -1.66. The van der Waals surface area contributed by atoms with E-state index in [-0.39, 0.29) is 12.4 Å². The molecule has 88 valence electrons. The van der Waals surface area contributed by atoms with E-state index >= 15 is 0 Å². The number of aliphatic hydroxyl groups is 1. The second kappa shape index (κ2) is 6.76. The van der Waals surface area contributed by atoms with Crippen LogP contribution in [-0.2, 0) is 6.54 Å². The summed E-state index contributed by atoms with van der Waals surface area (Å²) >= 11 is 0. The van der Waals surface area contributed by atoms with E-state index in [0.717, 1.165) is 18.5 Å². The molecule has 1 rings (SSSR count). The smallest absolute Gasteiger partial charge is 0.188 e. The molecule has 6 nitrogen and oxygen atoms in total. The summed E-state index contributed by atoms with van der Waals surface area (Å²) in [4.78, 5) is 3.97. The molecule has 0 aromatic carbocycles. The van der Waals surface area contributed by atoms with Crippen molar-refractivity contribution in [2.45, 2.75) is 13.0 Å². The van der Waals surface area contributed by atoms with Crippen LogP contribution in [0.25, 0.3) is 0 Å². The first-order chi connectivity index (χ1) is 7.77. The second-order valence-electron chi connectivity index (χ2n) is 3.29. The van der Waals surface area contributed by atoms with Gasteiger partial charge in [-0.3, -0.25) is 4.98 Å². The Morgan fingerprint density at radius 1 is 1.56 bits per heavy atom. The van der Waals surface area contributed by atoms with Crippen LogP contribution >= 0.6 is 0 Å². The van der Waals surface area contributed by atoms with Crippen molar-refractivity contribution >= 4 is 5.84 Å². The maximum Gasteiger partial charge on any atom is 0.188 e. The van der Waals surface area contributed by atoms with E-state index in [1.54, 1.807) is 12.3 Å². The minimum atomic E-state index is -0.00259. The molecule has 0 saturated heterocycles. The molecular weight excluding hydrogens is 208 g/mol. The highest BCUT2D eigenvalue weighted by Gasteiger charge is 2.01. The van der Waals surface area contributed by atoms with Gasteiger partial charge in [0.05, 0.1) is 0 Å². The quantitative estimate of drug-likeness (QED) is 0.174. The van der Waals surface area contributed by atoms with Gasteiger partial charge in [-0.15, -0.1) is 0 Å². The first-order valence-corrected chi connectivity index (χ1v) is 5.02. The van der Waals surface area contributed by atoms with Crippen LogP contribution in [-0.4, -0.2) is 34.3 Å². The van der Waals surface area contributed by atoms with E-state index in [9.17, 15) is 0 Å². The molecule has 6 heteroatoms. The van der Waals surface area contributed by atoms with Crippen LogP contribution in [0.2, 0.25) is 0 Å². The number of aliphatic hydroxyl groups excluding tert-OH is 1. The fraction of sp³-hybridized carbons (Fsp3) is 0.400. The van der Waals surface area contributed by atoms with Crippen molar-refractivity contribution in [3.8, 4) is 0 Å². The molecule has 0 saturated carbocycles. The van der Waals surface area contributed by atoms with Crippen molar-refractivity contribution in [1.82, 2.24) is 10.3 Å². The van der Waals surface area contributed by atoms with Gasteiger partial charge in [0.15, 0.2) is 5.84 Å². The van der Waals surface area contributed by atoms with Gasteiger partial charge in [0.25, 0.3) is 0 Å². The van der Waals surface area contributed by atoms with E-state index in [2.05, 4.69) is 15.5 Å². The lowest BCUT2D eigenvalue weighted by molar-refractivity contribution is 0.286. The van der Waals surface area contributed by atoms with Gasteiger partial charge < -0.3 is 21.4 Å². The van der Waals surface area contributed by atoms with Gasteiger partial charge in [-0.1, -0.05) is 5.16 Å². The third-order valence-corrected chi connectivity index (χ3v) is 2.04. The lowest BCUT2D eigenvalue weighted by Crippen LogP contribution is -2.18. The molecule has 1 heterocycles. The van der Waals surface area contributed by atoms with E-state index in [4.69, 9.17) is 16.0 Å². The van der Waals surface area contributed by atoms with Crippen molar-refractivity contribution in [3.63, 3.8) is 0 Å². The third kappa shape index (κ3) is 3.84. The van der Waals surface area contributed by atoms with Crippen molar-refractivity contribution in [2.24, 2.45) is 10.9 Å². The van der Waals surface area contributed by atoms with Crippen LogP contribution < -0.4 is 11.1 Å². The molecular formula is C10H16N4O2. The van der Waals surface area contributed by atoms with Crippen LogP contribution in [0.1, 0.15) is 17.7 Å². The predicted molar refractivity (Wildman–Crippen MR) is 60.2 cm³/mol. The van der Waals surface area contributed by atoms with Gasteiger partial charge in [0, 0.05) is 19.3 Å². The molecule has 0 bridgehead atoms.